The second-order valence-electron chi connectivity index (χ2n) is 5.99. The Morgan fingerprint density at radius 3 is 2.32 bits per heavy atom. The van der Waals surface area contributed by atoms with Crippen LogP contribution in [0, 0.1) is 5.21 Å². The van der Waals surface area contributed by atoms with Crippen molar-refractivity contribution >= 4 is 6.21 Å². The minimum Gasteiger partial charge on any atom is -0.624 e. The monoisotopic (exact) mass is 301 g/mol. The van der Waals surface area contributed by atoms with Gasteiger partial charge in [0.15, 0.2) is 12.3 Å². The molecule has 1 aromatic carbocycles. The van der Waals surface area contributed by atoms with Crippen molar-refractivity contribution < 1.29 is 4.74 Å². The highest BCUT2D eigenvalue weighted by atomic mass is 16.5. The zero-order chi connectivity index (χ0) is 16.0. The van der Waals surface area contributed by atoms with Gasteiger partial charge in [-0.3, -0.25) is 0 Å². The number of hydrogen-bond acceptors (Lipinski definition) is 1. The second-order valence-corrected chi connectivity index (χ2v) is 5.99. The van der Waals surface area contributed by atoms with Crippen molar-refractivity contribution in [1.29, 1.82) is 0 Å². The van der Waals surface area contributed by atoms with Crippen LogP contribution in [0.15, 0.2) is 43.0 Å². The number of unbranched alkanes of at least 4 members (excludes halogenated alkanes) is 6. The fourth-order valence-corrected chi connectivity index (χ4v) is 2.67. The number of hydrogen-bond donors (Lipinski definition) is 0. The molecule has 0 heterocycles. The SMILES string of the molecule is C=CCC(CCCCCCCCC)/[N+]([O-])=C/c1ccccc1. The van der Waals surface area contributed by atoms with Crippen LogP contribution < -0.4 is 0 Å². The molecular formula is C20H31NO. The Kier molecular flexibility index (Phi) is 10.1. The first-order valence-corrected chi connectivity index (χ1v) is 8.74. The molecule has 0 fully saturated rings. The van der Waals surface area contributed by atoms with Crippen molar-refractivity contribution in [2.75, 3.05) is 0 Å². The van der Waals surface area contributed by atoms with Crippen LogP contribution in [-0.2, 0) is 0 Å². The molecule has 1 rings (SSSR count). The average molecular weight is 301 g/mol. The quantitative estimate of drug-likeness (QED) is 0.121. The lowest BCUT2D eigenvalue weighted by molar-refractivity contribution is -0.496. The summed E-state index contributed by atoms with van der Waals surface area (Å²) >= 11 is 0. The molecular weight excluding hydrogens is 270 g/mol. The fraction of sp³-hybridized carbons (Fsp3) is 0.550. The van der Waals surface area contributed by atoms with Crippen molar-refractivity contribution in [2.45, 2.75) is 70.8 Å². The lowest BCUT2D eigenvalue weighted by Gasteiger charge is -2.15. The maximum absolute atomic E-state index is 12.3. The first-order valence-electron chi connectivity index (χ1n) is 8.74. The molecule has 0 aliphatic heterocycles. The minimum absolute atomic E-state index is 0.0216. The molecule has 0 saturated heterocycles. The van der Waals surface area contributed by atoms with Crippen LogP contribution in [0.4, 0.5) is 0 Å². The van der Waals surface area contributed by atoms with Crippen molar-refractivity contribution in [3.63, 3.8) is 0 Å². The first-order chi connectivity index (χ1) is 10.8. The predicted molar refractivity (Wildman–Crippen MR) is 96.4 cm³/mol. The molecule has 0 aliphatic carbocycles. The summed E-state index contributed by atoms with van der Waals surface area (Å²) in [5, 5.41) is 12.3. The van der Waals surface area contributed by atoms with Gasteiger partial charge in [-0.15, -0.1) is 6.58 Å². The minimum atomic E-state index is 0.0216. The van der Waals surface area contributed by atoms with Gasteiger partial charge in [-0.05, 0) is 18.6 Å². The Morgan fingerprint density at radius 1 is 1.05 bits per heavy atom. The maximum Gasteiger partial charge on any atom is 0.182 e. The van der Waals surface area contributed by atoms with E-state index in [-0.39, 0.29) is 6.04 Å². The molecule has 0 aliphatic rings. The van der Waals surface area contributed by atoms with Crippen LogP contribution in [0.3, 0.4) is 0 Å². The molecule has 0 saturated carbocycles. The van der Waals surface area contributed by atoms with Crippen LogP contribution in [-0.4, -0.2) is 17.0 Å². The molecule has 0 amide bonds. The van der Waals surface area contributed by atoms with Gasteiger partial charge < -0.3 is 5.21 Å². The van der Waals surface area contributed by atoms with E-state index in [0.717, 1.165) is 29.6 Å². The molecule has 0 spiro atoms. The summed E-state index contributed by atoms with van der Waals surface area (Å²) < 4.78 is 1.12. The van der Waals surface area contributed by atoms with Crippen molar-refractivity contribution in [3.05, 3.63) is 53.8 Å². The van der Waals surface area contributed by atoms with Crippen LogP contribution >= 0.6 is 0 Å². The number of nitrogens with zero attached hydrogens (tertiary/aromatic N) is 1. The van der Waals surface area contributed by atoms with Gasteiger partial charge in [0.25, 0.3) is 0 Å². The third-order valence-corrected chi connectivity index (χ3v) is 4.02. The Morgan fingerprint density at radius 2 is 1.68 bits per heavy atom. The van der Waals surface area contributed by atoms with Crippen molar-refractivity contribution in [3.8, 4) is 0 Å². The molecule has 0 bridgehead atoms. The number of rotatable bonds is 12. The molecule has 0 radical (unpaired) electrons. The maximum atomic E-state index is 12.3. The van der Waals surface area contributed by atoms with E-state index in [4.69, 9.17) is 0 Å². The van der Waals surface area contributed by atoms with Gasteiger partial charge >= 0.3 is 0 Å². The topological polar surface area (TPSA) is 26.1 Å². The predicted octanol–water partition coefficient (Wildman–Crippen LogP) is 5.70. The lowest BCUT2D eigenvalue weighted by atomic mass is 10.0. The average Bonchev–Trinajstić information content (AvgIpc) is 2.54. The molecule has 1 unspecified atom stereocenters. The lowest BCUT2D eigenvalue weighted by Crippen LogP contribution is -2.22. The molecule has 22 heavy (non-hydrogen) atoms. The normalized spacial score (nSPS) is 13.0. The largest absolute Gasteiger partial charge is 0.624 e. The molecule has 1 aromatic rings. The van der Waals surface area contributed by atoms with Gasteiger partial charge in [-0.25, -0.2) is 4.74 Å². The van der Waals surface area contributed by atoms with Crippen LogP contribution in [0.1, 0.15) is 70.3 Å². The Balaban J connectivity index is 2.37. The Labute approximate surface area is 136 Å². The molecule has 0 aromatic heterocycles. The van der Waals surface area contributed by atoms with Crippen molar-refractivity contribution in [1.82, 2.24) is 0 Å². The Hall–Kier alpha value is -1.57. The smallest absolute Gasteiger partial charge is 0.182 e. The van der Waals surface area contributed by atoms with Gasteiger partial charge in [0.2, 0.25) is 0 Å². The number of hydroxylamine groups is 1. The third-order valence-electron chi connectivity index (χ3n) is 4.02. The third kappa shape index (κ3) is 8.02. The van der Waals surface area contributed by atoms with E-state index in [1.165, 1.54) is 38.5 Å². The molecule has 0 N–H and O–H groups in total. The van der Waals surface area contributed by atoms with Gasteiger partial charge in [-0.1, -0.05) is 69.7 Å². The zero-order valence-corrected chi connectivity index (χ0v) is 14.0. The van der Waals surface area contributed by atoms with Crippen LogP contribution in [0.2, 0.25) is 0 Å². The highest BCUT2D eigenvalue weighted by Gasteiger charge is 2.13. The number of benzene rings is 1. The summed E-state index contributed by atoms with van der Waals surface area (Å²) in [5.74, 6) is 0. The highest BCUT2D eigenvalue weighted by molar-refractivity contribution is 5.75. The molecule has 2 heteroatoms. The van der Waals surface area contributed by atoms with E-state index in [2.05, 4.69) is 13.5 Å². The van der Waals surface area contributed by atoms with E-state index in [1.807, 2.05) is 36.4 Å². The zero-order valence-electron chi connectivity index (χ0n) is 14.0. The highest BCUT2D eigenvalue weighted by Crippen LogP contribution is 2.13. The van der Waals surface area contributed by atoms with E-state index in [9.17, 15) is 5.21 Å². The van der Waals surface area contributed by atoms with Gasteiger partial charge in [-0.2, -0.15) is 0 Å². The summed E-state index contributed by atoms with van der Waals surface area (Å²) in [6.07, 6.45) is 14.2. The molecule has 2 nitrogen and oxygen atoms in total. The van der Waals surface area contributed by atoms with Gasteiger partial charge in [0, 0.05) is 18.4 Å². The standard InChI is InChI=1S/C20H31NO/c1-3-5-6-7-8-9-13-17-20(14-4-2)21(22)18-19-15-11-10-12-16-19/h4,10-12,15-16,18,20H,2-3,5-9,13-14,17H2,1H3/b21-18-. The summed E-state index contributed by atoms with van der Waals surface area (Å²) in [6.45, 7) is 6.03. The van der Waals surface area contributed by atoms with Gasteiger partial charge in [0.1, 0.15) is 0 Å². The van der Waals surface area contributed by atoms with E-state index < -0.39 is 0 Å². The van der Waals surface area contributed by atoms with Crippen LogP contribution in [0.25, 0.3) is 0 Å². The second kappa shape index (κ2) is 12.0. The summed E-state index contributed by atoms with van der Waals surface area (Å²) in [4.78, 5) is 0. The van der Waals surface area contributed by atoms with Crippen molar-refractivity contribution in [2.24, 2.45) is 0 Å². The summed E-state index contributed by atoms with van der Waals surface area (Å²) in [7, 11) is 0. The molecule has 122 valence electrons. The van der Waals surface area contributed by atoms with E-state index in [0.29, 0.717) is 0 Å². The Bertz CT molecular complexity index is 425. The van der Waals surface area contributed by atoms with Crippen LogP contribution in [0.5, 0.6) is 0 Å². The first kappa shape index (κ1) is 18.5. The summed E-state index contributed by atoms with van der Waals surface area (Å²) in [5.41, 5.74) is 0.964. The fourth-order valence-electron chi connectivity index (χ4n) is 2.67. The van der Waals surface area contributed by atoms with E-state index >= 15 is 0 Å². The molecule has 1 atom stereocenters. The summed E-state index contributed by atoms with van der Waals surface area (Å²) in [6, 6.07) is 9.82. The van der Waals surface area contributed by atoms with E-state index in [1.54, 1.807) is 6.21 Å². The van der Waals surface area contributed by atoms with Gasteiger partial charge in [0.05, 0.1) is 0 Å².